The van der Waals surface area contributed by atoms with Gasteiger partial charge >= 0.3 is 0 Å². The van der Waals surface area contributed by atoms with Crippen LogP contribution in [0.4, 0.5) is 5.69 Å². The molecule has 0 heterocycles. The maximum atomic E-state index is 13.0. The molecule has 36 heavy (non-hydrogen) atoms. The zero-order valence-corrected chi connectivity index (χ0v) is 20.8. The first-order valence-electron chi connectivity index (χ1n) is 11.6. The van der Waals surface area contributed by atoms with Crippen molar-refractivity contribution < 1.29 is 17.9 Å². The summed E-state index contributed by atoms with van der Waals surface area (Å²) in [6, 6.07) is 32.6. The lowest BCUT2D eigenvalue weighted by Crippen LogP contribution is -2.26. The number of rotatable bonds is 10. The van der Waals surface area contributed by atoms with Gasteiger partial charge in [-0.15, -0.1) is 0 Å². The van der Waals surface area contributed by atoms with Crippen LogP contribution in [-0.4, -0.2) is 32.3 Å². The number of carbonyl (C=O) groups excluding carboxylic acids is 1. The Bertz CT molecular complexity index is 1390. The molecule has 0 aromatic heterocycles. The van der Waals surface area contributed by atoms with Crippen LogP contribution < -0.4 is 10.1 Å². The number of benzene rings is 4. The van der Waals surface area contributed by atoms with Crippen molar-refractivity contribution in [2.24, 2.45) is 0 Å². The molecule has 1 amide bonds. The second-order valence-corrected chi connectivity index (χ2v) is 10.4. The van der Waals surface area contributed by atoms with Crippen molar-refractivity contribution in [2.45, 2.75) is 17.9 Å². The van der Waals surface area contributed by atoms with E-state index in [-0.39, 0.29) is 17.3 Å². The van der Waals surface area contributed by atoms with E-state index < -0.39 is 10.0 Å². The van der Waals surface area contributed by atoms with Crippen LogP contribution in [0.25, 0.3) is 0 Å². The lowest BCUT2D eigenvalue weighted by atomic mass is 10.1. The van der Waals surface area contributed by atoms with E-state index in [0.29, 0.717) is 23.6 Å². The number of hydrogen-bond donors (Lipinski definition) is 1. The number of ether oxygens (including phenoxy) is 1. The molecule has 0 fully saturated rings. The van der Waals surface area contributed by atoms with Crippen molar-refractivity contribution >= 4 is 21.6 Å². The van der Waals surface area contributed by atoms with Crippen molar-refractivity contribution in [1.82, 2.24) is 4.31 Å². The average molecular weight is 501 g/mol. The van der Waals surface area contributed by atoms with Gasteiger partial charge in [-0.25, -0.2) is 8.42 Å². The van der Waals surface area contributed by atoms with Gasteiger partial charge in [0.15, 0.2) is 0 Å². The van der Waals surface area contributed by atoms with Gasteiger partial charge in [-0.05, 0) is 47.5 Å². The molecule has 0 bridgehead atoms. The Balaban J connectivity index is 1.39. The molecule has 0 unspecified atom stereocenters. The van der Waals surface area contributed by atoms with Gasteiger partial charge in [0, 0.05) is 25.7 Å². The van der Waals surface area contributed by atoms with Gasteiger partial charge in [0.2, 0.25) is 10.0 Å². The summed E-state index contributed by atoms with van der Waals surface area (Å²) in [5.41, 5.74) is 2.95. The molecule has 0 aliphatic heterocycles. The van der Waals surface area contributed by atoms with Crippen LogP contribution in [0.3, 0.4) is 0 Å². The molecule has 4 aromatic rings. The van der Waals surface area contributed by atoms with Gasteiger partial charge in [-0.3, -0.25) is 4.79 Å². The largest absolute Gasteiger partial charge is 0.492 e. The summed E-state index contributed by atoms with van der Waals surface area (Å²) in [5, 5.41) is 2.83. The highest BCUT2D eigenvalue weighted by atomic mass is 32.2. The number of sulfonamides is 1. The number of amides is 1. The Morgan fingerprint density at radius 2 is 1.36 bits per heavy atom. The van der Waals surface area contributed by atoms with E-state index in [1.54, 1.807) is 37.4 Å². The number of anilines is 1. The zero-order chi connectivity index (χ0) is 25.4. The summed E-state index contributed by atoms with van der Waals surface area (Å²) in [7, 11) is -2.13. The normalized spacial score (nSPS) is 11.3. The number of para-hydroxylation sites is 1. The highest BCUT2D eigenvalue weighted by molar-refractivity contribution is 7.89. The third kappa shape index (κ3) is 6.38. The van der Waals surface area contributed by atoms with Crippen LogP contribution in [0.1, 0.15) is 21.5 Å². The minimum Gasteiger partial charge on any atom is -0.492 e. The summed E-state index contributed by atoms with van der Waals surface area (Å²) in [4.78, 5) is 13.1. The van der Waals surface area contributed by atoms with Crippen LogP contribution in [0.2, 0.25) is 0 Å². The van der Waals surface area contributed by atoms with Crippen molar-refractivity contribution in [3.63, 3.8) is 0 Å². The highest BCUT2D eigenvalue weighted by Gasteiger charge is 2.21. The van der Waals surface area contributed by atoms with E-state index in [1.807, 2.05) is 66.7 Å². The third-order valence-corrected chi connectivity index (χ3v) is 7.51. The van der Waals surface area contributed by atoms with Crippen LogP contribution in [0.15, 0.2) is 114 Å². The molecule has 0 radical (unpaired) electrons. The third-order valence-electron chi connectivity index (χ3n) is 5.69. The Hall–Kier alpha value is -3.94. The summed E-state index contributed by atoms with van der Waals surface area (Å²) in [5.74, 6) is 0.162. The molecule has 0 aliphatic carbocycles. The zero-order valence-electron chi connectivity index (χ0n) is 20.0. The lowest BCUT2D eigenvalue weighted by molar-refractivity contribution is 0.102. The number of nitrogens with one attached hydrogen (secondary N) is 1. The van der Waals surface area contributed by atoms with Crippen molar-refractivity contribution in [3.8, 4) is 5.75 Å². The van der Waals surface area contributed by atoms with E-state index in [1.165, 1.54) is 16.4 Å². The fourth-order valence-electron chi connectivity index (χ4n) is 3.72. The number of nitrogens with zero attached hydrogens (tertiary/aromatic N) is 1. The molecule has 0 saturated heterocycles. The smallest absolute Gasteiger partial charge is 0.259 e. The quantitative estimate of drug-likeness (QED) is 0.317. The molecule has 7 heteroatoms. The molecule has 0 spiro atoms. The van der Waals surface area contributed by atoms with Gasteiger partial charge in [0.05, 0.1) is 17.1 Å². The lowest BCUT2D eigenvalue weighted by Gasteiger charge is -2.17. The van der Waals surface area contributed by atoms with Crippen molar-refractivity contribution in [2.75, 3.05) is 19.0 Å². The van der Waals surface area contributed by atoms with Crippen LogP contribution >= 0.6 is 0 Å². The topological polar surface area (TPSA) is 75.7 Å². The van der Waals surface area contributed by atoms with E-state index in [4.69, 9.17) is 4.74 Å². The SMILES string of the molecule is CN(Cc1ccccc1)S(=O)(=O)c1ccc(NC(=O)c2ccccc2OCCc2ccccc2)cc1. The second kappa shape index (κ2) is 11.7. The van der Waals surface area contributed by atoms with Crippen LogP contribution in [0.5, 0.6) is 5.75 Å². The maximum Gasteiger partial charge on any atom is 0.259 e. The molecule has 4 aromatic carbocycles. The standard InChI is InChI=1S/C29H28N2O4S/c1-31(22-24-12-6-3-7-13-24)36(33,34)26-18-16-25(17-19-26)30-29(32)27-14-8-9-15-28(27)35-21-20-23-10-4-2-5-11-23/h2-19H,20-22H2,1H3,(H,30,32). The minimum atomic E-state index is -3.67. The molecule has 1 N–H and O–H groups in total. The minimum absolute atomic E-state index is 0.156. The fourth-order valence-corrected chi connectivity index (χ4v) is 4.88. The van der Waals surface area contributed by atoms with Crippen molar-refractivity contribution in [3.05, 3.63) is 126 Å². The van der Waals surface area contributed by atoms with E-state index in [2.05, 4.69) is 5.32 Å². The summed E-state index contributed by atoms with van der Waals surface area (Å²) < 4.78 is 33.1. The van der Waals surface area contributed by atoms with E-state index >= 15 is 0 Å². The highest BCUT2D eigenvalue weighted by Crippen LogP contribution is 2.22. The number of hydrogen-bond acceptors (Lipinski definition) is 4. The molecule has 6 nitrogen and oxygen atoms in total. The van der Waals surface area contributed by atoms with Crippen molar-refractivity contribution in [1.29, 1.82) is 0 Å². The van der Waals surface area contributed by atoms with Crippen LogP contribution in [-0.2, 0) is 23.0 Å². The molecule has 184 valence electrons. The molecular formula is C29H28N2O4S. The van der Waals surface area contributed by atoms with E-state index in [0.717, 1.165) is 17.5 Å². The van der Waals surface area contributed by atoms with E-state index in [9.17, 15) is 13.2 Å². The van der Waals surface area contributed by atoms with Gasteiger partial charge < -0.3 is 10.1 Å². The Morgan fingerprint density at radius 1 is 0.778 bits per heavy atom. The van der Waals surface area contributed by atoms with Gasteiger partial charge in [-0.2, -0.15) is 4.31 Å². The first-order valence-corrected chi connectivity index (χ1v) is 13.0. The molecule has 0 atom stereocenters. The fraction of sp³-hybridized carbons (Fsp3) is 0.138. The predicted molar refractivity (Wildman–Crippen MR) is 142 cm³/mol. The predicted octanol–water partition coefficient (Wildman–Crippen LogP) is 5.38. The Kier molecular flexibility index (Phi) is 8.15. The number of carbonyl (C=O) groups is 1. The molecule has 0 aliphatic rings. The molecular weight excluding hydrogens is 472 g/mol. The summed E-state index contributed by atoms with van der Waals surface area (Å²) >= 11 is 0. The second-order valence-electron chi connectivity index (χ2n) is 8.31. The summed E-state index contributed by atoms with van der Waals surface area (Å²) in [6.07, 6.45) is 0.728. The molecule has 4 rings (SSSR count). The van der Waals surface area contributed by atoms with Crippen LogP contribution in [0, 0.1) is 0 Å². The van der Waals surface area contributed by atoms with Gasteiger partial charge in [-0.1, -0.05) is 72.8 Å². The molecule has 0 saturated carbocycles. The van der Waals surface area contributed by atoms with Gasteiger partial charge in [0.25, 0.3) is 5.91 Å². The average Bonchev–Trinajstić information content (AvgIpc) is 2.90. The maximum absolute atomic E-state index is 13.0. The first-order chi connectivity index (χ1) is 17.4. The monoisotopic (exact) mass is 500 g/mol. The van der Waals surface area contributed by atoms with Gasteiger partial charge in [0.1, 0.15) is 5.75 Å². The Morgan fingerprint density at radius 3 is 2.03 bits per heavy atom. The first kappa shape index (κ1) is 25.2. The Labute approximate surface area is 212 Å². The summed E-state index contributed by atoms with van der Waals surface area (Å²) in [6.45, 7) is 0.708.